The van der Waals surface area contributed by atoms with Crippen LogP contribution in [0.1, 0.15) is 43.7 Å². The molecule has 0 spiro atoms. The fraction of sp³-hybridized carbons (Fsp3) is 0.320. The van der Waals surface area contributed by atoms with Crippen LogP contribution in [0, 0.1) is 6.54 Å². The summed E-state index contributed by atoms with van der Waals surface area (Å²) in [6, 6.07) is 13.7. The van der Waals surface area contributed by atoms with Crippen molar-refractivity contribution in [1.82, 2.24) is 9.80 Å². The number of thiocarbonyl (C=S) groups is 1. The van der Waals surface area contributed by atoms with E-state index in [9.17, 15) is 4.79 Å². The Morgan fingerprint density at radius 1 is 1.15 bits per heavy atom. The molecule has 1 N–H and O–H groups in total. The van der Waals surface area contributed by atoms with E-state index in [1.807, 2.05) is 53.9 Å². The molecule has 2 heterocycles. The van der Waals surface area contributed by atoms with Gasteiger partial charge in [-0.05, 0) is 61.8 Å². The van der Waals surface area contributed by atoms with Gasteiger partial charge in [0.15, 0.2) is 11.0 Å². The number of amides is 1. The Bertz CT molecular complexity index is 1050. The predicted molar refractivity (Wildman–Crippen MR) is 137 cm³/mol. The summed E-state index contributed by atoms with van der Waals surface area (Å²) in [5, 5.41) is 5.09. The van der Waals surface area contributed by atoms with Gasteiger partial charge >= 0.3 is 0 Å². The summed E-state index contributed by atoms with van der Waals surface area (Å²) in [6.45, 7) is 5.85. The molecule has 1 amide bonds. The molecule has 2 aromatic rings. The average molecular weight is 671 g/mol. The summed E-state index contributed by atoms with van der Waals surface area (Å²) in [7, 11) is 0. The third-order valence-corrected chi connectivity index (χ3v) is 6.74. The summed E-state index contributed by atoms with van der Waals surface area (Å²) in [6.07, 6.45) is 4.97. The molecular weight excluding hydrogens is 645 g/mol. The van der Waals surface area contributed by atoms with Gasteiger partial charge in [0, 0.05) is 39.6 Å². The number of anilines is 1. The van der Waals surface area contributed by atoms with E-state index < -0.39 is 0 Å². The van der Waals surface area contributed by atoms with Crippen molar-refractivity contribution in [3.8, 4) is 0 Å². The van der Waals surface area contributed by atoms with Crippen LogP contribution in [0.4, 0.5) is 5.69 Å². The van der Waals surface area contributed by atoms with Crippen LogP contribution < -0.4 is 5.32 Å². The minimum absolute atomic E-state index is 0. The number of carbonyl (C=O) groups is 1. The Hall–Kier alpha value is -1.39. The molecule has 4 nitrogen and oxygen atoms in total. The normalized spacial score (nSPS) is 16.4. The SMILES string of the molecule is CCN1C(=S)Nc2cc(Cl)c(Cl)cc2C1=C1CC1.O=C(Cc1ccccc1)N1[CH-]CCC1.[W]. The van der Waals surface area contributed by atoms with Crippen molar-refractivity contribution in [2.75, 3.05) is 18.4 Å². The predicted octanol–water partition coefficient (Wildman–Crippen LogP) is 6.54. The molecule has 1 aliphatic carbocycles. The van der Waals surface area contributed by atoms with Crippen LogP contribution in [-0.2, 0) is 32.3 Å². The Labute approximate surface area is 225 Å². The molecule has 5 rings (SSSR count). The first-order valence-corrected chi connectivity index (χ1v) is 12.1. The van der Waals surface area contributed by atoms with Crippen molar-refractivity contribution in [3.05, 3.63) is 75.8 Å². The topological polar surface area (TPSA) is 35.6 Å². The fourth-order valence-electron chi connectivity index (χ4n) is 3.96. The van der Waals surface area contributed by atoms with Crippen LogP contribution in [-0.4, -0.2) is 33.9 Å². The zero-order valence-corrected chi connectivity index (χ0v) is 23.7. The zero-order valence-electron chi connectivity index (χ0n) is 18.4. The van der Waals surface area contributed by atoms with Crippen molar-refractivity contribution in [1.29, 1.82) is 0 Å². The molecule has 33 heavy (non-hydrogen) atoms. The van der Waals surface area contributed by atoms with Gasteiger partial charge in [0.2, 0.25) is 0 Å². The van der Waals surface area contributed by atoms with Crippen LogP contribution in [0.2, 0.25) is 10.0 Å². The average Bonchev–Trinajstić information content (AvgIpc) is 3.47. The van der Waals surface area contributed by atoms with Crippen molar-refractivity contribution < 1.29 is 25.9 Å². The first kappa shape index (κ1) is 26.2. The summed E-state index contributed by atoms with van der Waals surface area (Å²) in [4.78, 5) is 15.7. The summed E-state index contributed by atoms with van der Waals surface area (Å²) in [5.74, 6) is 0.216. The quantitative estimate of drug-likeness (QED) is 0.297. The van der Waals surface area contributed by atoms with Gasteiger partial charge in [-0.3, -0.25) is 4.79 Å². The van der Waals surface area contributed by atoms with Crippen LogP contribution in [0.25, 0.3) is 5.70 Å². The number of likely N-dealkylation sites (tertiary alicyclic amines) is 1. The molecule has 1 saturated heterocycles. The second-order valence-corrected chi connectivity index (χ2v) is 9.21. The fourth-order valence-corrected chi connectivity index (χ4v) is 4.61. The van der Waals surface area contributed by atoms with Gasteiger partial charge in [-0.1, -0.05) is 60.0 Å². The van der Waals surface area contributed by atoms with Crippen molar-refractivity contribution >= 4 is 57.8 Å². The number of hydrogen-bond acceptors (Lipinski definition) is 2. The number of nitrogens with zero attached hydrogens (tertiary/aromatic N) is 2. The molecule has 3 aliphatic rings. The molecule has 0 radical (unpaired) electrons. The van der Waals surface area contributed by atoms with Gasteiger partial charge < -0.3 is 15.1 Å². The molecule has 0 aromatic heterocycles. The number of rotatable bonds is 3. The Morgan fingerprint density at radius 3 is 2.45 bits per heavy atom. The van der Waals surface area contributed by atoms with E-state index in [-0.39, 0.29) is 27.0 Å². The summed E-state index contributed by atoms with van der Waals surface area (Å²) >= 11 is 17.6. The van der Waals surface area contributed by atoms with E-state index in [4.69, 9.17) is 35.4 Å². The molecule has 0 atom stereocenters. The number of hydrogen-bond donors (Lipinski definition) is 1. The van der Waals surface area contributed by atoms with Crippen molar-refractivity contribution in [3.63, 3.8) is 0 Å². The molecule has 2 fully saturated rings. The largest absolute Gasteiger partial charge is 0.493 e. The van der Waals surface area contributed by atoms with Gasteiger partial charge in [0.25, 0.3) is 0 Å². The van der Waals surface area contributed by atoms with Gasteiger partial charge in [-0.25, -0.2) is 6.54 Å². The van der Waals surface area contributed by atoms with E-state index in [1.165, 1.54) is 11.3 Å². The molecule has 0 unspecified atom stereocenters. The van der Waals surface area contributed by atoms with Gasteiger partial charge in [0.05, 0.1) is 21.4 Å². The molecule has 2 aromatic carbocycles. The minimum Gasteiger partial charge on any atom is -0.493 e. The van der Waals surface area contributed by atoms with Crippen LogP contribution in [0.5, 0.6) is 0 Å². The maximum absolute atomic E-state index is 11.7. The Morgan fingerprint density at radius 2 is 1.85 bits per heavy atom. The van der Waals surface area contributed by atoms with Crippen molar-refractivity contribution in [2.24, 2.45) is 0 Å². The van der Waals surface area contributed by atoms with Crippen LogP contribution in [0.3, 0.4) is 0 Å². The Balaban J connectivity index is 0.000000186. The monoisotopic (exact) mass is 670 g/mol. The summed E-state index contributed by atoms with van der Waals surface area (Å²) in [5.41, 5.74) is 5.81. The van der Waals surface area contributed by atoms with Crippen LogP contribution in [0.15, 0.2) is 48.0 Å². The Kier molecular flexibility index (Phi) is 9.41. The van der Waals surface area contributed by atoms with E-state index in [0.29, 0.717) is 16.5 Å². The minimum atomic E-state index is 0. The smallest absolute Gasteiger partial charge is 0.197 e. The molecule has 8 heteroatoms. The van der Waals surface area contributed by atoms with E-state index in [1.54, 1.807) is 0 Å². The van der Waals surface area contributed by atoms with E-state index in [0.717, 1.165) is 60.7 Å². The van der Waals surface area contributed by atoms with E-state index in [2.05, 4.69) is 17.1 Å². The number of halogens is 2. The number of carbonyl (C=O) groups excluding carboxylic acids is 1. The van der Waals surface area contributed by atoms with Crippen LogP contribution >= 0.6 is 35.4 Å². The zero-order chi connectivity index (χ0) is 22.7. The van der Waals surface area contributed by atoms with E-state index >= 15 is 0 Å². The standard InChI is InChI=1S/C13H12Cl2N2S.C12H14NO.W/c1-2-17-12(7-3-4-7)8-5-9(14)10(15)6-11(8)16-13(17)18;14-12(13-8-4-5-9-13)10-11-6-2-1-3-7-11;/h5-6H,2-4H2,1H3,(H,16,18);1-3,6-8H,4-5,9-10H2;/q;-1;. The number of allylic oxidation sites excluding steroid dienone is 1. The van der Waals surface area contributed by atoms with Crippen molar-refractivity contribution in [2.45, 2.75) is 39.0 Å². The number of fused-ring (bicyclic) bond motifs is 1. The molecule has 2 aliphatic heterocycles. The number of nitrogens with one attached hydrogen (secondary N) is 1. The number of benzene rings is 2. The maximum atomic E-state index is 11.7. The molecular formula is C25H26Cl2N3OSW-. The molecule has 174 valence electrons. The second-order valence-electron chi connectivity index (χ2n) is 8.01. The van der Waals surface area contributed by atoms with Gasteiger partial charge in [-0.15, -0.1) is 0 Å². The third kappa shape index (κ3) is 6.39. The van der Waals surface area contributed by atoms with Gasteiger partial charge in [-0.2, -0.15) is 6.42 Å². The molecule has 1 saturated carbocycles. The van der Waals surface area contributed by atoms with Gasteiger partial charge in [0.1, 0.15) is 0 Å². The first-order valence-electron chi connectivity index (χ1n) is 10.9. The second kappa shape index (κ2) is 11.8. The maximum Gasteiger partial charge on any atom is 0.197 e. The molecule has 0 bridgehead atoms. The third-order valence-electron chi connectivity index (χ3n) is 5.69. The summed E-state index contributed by atoms with van der Waals surface area (Å²) < 4.78 is 0. The first-order chi connectivity index (χ1) is 15.5.